The summed E-state index contributed by atoms with van der Waals surface area (Å²) in [5, 5.41) is 0.793. The van der Waals surface area contributed by atoms with E-state index in [1.807, 2.05) is 76.2 Å². The molecule has 6 heteroatoms. The Bertz CT molecular complexity index is 1520. The van der Waals surface area contributed by atoms with Crippen LogP contribution < -0.4 is 9.47 Å². The van der Waals surface area contributed by atoms with Gasteiger partial charge >= 0.3 is 0 Å². The van der Waals surface area contributed by atoms with Crippen LogP contribution in [0.5, 0.6) is 11.5 Å². The second kappa shape index (κ2) is 10.4. The molecule has 2 heterocycles. The van der Waals surface area contributed by atoms with E-state index in [2.05, 4.69) is 20.8 Å². The third-order valence-electron chi connectivity index (χ3n) is 7.09. The maximum atomic E-state index is 14.2. The van der Waals surface area contributed by atoms with E-state index >= 15 is 0 Å². The molecule has 39 heavy (non-hydrogen) atoms. The van der Waals surface area contributed by atoms with Gasteiger partial charge in [-0.05, 0) is 43.7 Å². The van der Waals surface area contributed by atoms with Crippen molar-refractivity contribution in [1.29, 1.82) is 0 Å². The lowest BCUT2D eigenvalue weighted by molar-refractivity contribution is -0.126. The van der Waals surface area contributed by atoms with Crippen LogP contribution in [0.3, 0.4) is 0 Å². The van der Waals surface area contributed by atoms with Gasteiger partial charge in [-0.2, -0.15) is 0 Å². The van der Waals surface area contributed by atoms with Crippen molar-refractivity contribution in [2.45, 2.75) is 66.7 Å². The maximum Gasteiger partial charge on any atom is 0.262 e. The first kappa shape index (κ1) is 28.2. The molecular formula is C33H39NO5. The zero-order valence-corrected chi connectivity index (χ0v) is 24.5. The molecule has 0 saturated heterocycles. The molecule has 0 aliphatic rings. The van der Waals surface area contributed by atoms with E-state index in [-0.39, 0.29) is 23.5 Å². The lowest BCUT2D eigenvalue weighted by Crippen LogP contribution is -2.22. The number of ether oxygens (including phenoxy) is 2. The Morgan fingerprint density at radius 2 is 1.49 bits per heavy atom. The fourth-order valence-electron chi connectivity index (χ4n) is 4.72. The summed E-state index contributed by atoms with van der Waals surface area (Å²) < 4.78 is 19.4. The molecule has 0 unspecified atom stereocenters. The van der Waals surface area contributed by atoms with E-state index in [1.165, 1.54) is 0 Å². The average molecular weight is 530 g/mol. The number of aromatic nitrogens is 1. The van der Waals surface area contributed by atoms with Gasteiger partial charge in [-0.1, -0.05) is 59.2 Å². The first-order chi connectivity index (χ1) is 18.3. The van der Waals surface area contributed by atoms with Gasteiger partial charge in [0.05, 0.1) is 19.7 Å². The normalized spacial score (nSPS) is 12.1. The van der Waals surface area contributed by atoms with Crippen molar-refractivity contribution in [3.05, 3.63) is 71.1 Å². The third kappa shape index (κ3) is 5.51. The van der Waals surface area contributed by atoms with Gasteiger partial charge in [0.25, 0.3) is 5.91 Å². The van der Waals surface area contributed by atoms with Crippen molar-refractivity contribution < 1.29 is 23.5 Å². The number of benzene rings is 2. The number of carbonyl (C=O) groups is 2. The Morgan fingerprint density at radius 3 is 2.03 bits per heavy atom. The lowest BCUT2D eigenvalue weighted by atomic mass is 9.87. The molecule has 0 spiro atoms. The Kier molecular flexibility index (Phi) is 7.53. The van der Waals surface area contributed by atoms with Gasteiger partial charge in [0.1, 0.15) is 17.3 Å². The van der Waals surface area contributed by atoms with Crippen molar-refractivity contribution in [2.24, 2.45) is 5.41 Å². The molecule has 0 radical (unpaired) electrons. The summed E-state index contributed by atoms with van der Waals surface area (Å²) >= 11 is 0. The van der Waals surface area contributed by atoms with Crippen LogP contribution in [0.1, 0.15) is 75.3 Å². The average Bonchev–Trinajstić information content (AvgIpc) is 3.48. The summed E-state index contributed by atoms with van der Waals surface area (Å²) in [5.74, 6) is 2.48. The molecule has 0 aliphatic carbocycles. The molecule has 0 aliphatic heterocycles. The Morgan fingerprint density at radius 1 is 0.872 bits per heavy atom. The van der Waals surface area contributed by atoms with Crippen LogP contribution in [0.2, 0.25) is 0 Å². The van der Waals surface area contributed by atoms with Crippen molar-refractivity contribution >= 4 is 22.6 Å². The highest BCUT2D eigenvalue weighted by Gasteiger charge is 2.30. The number of rotatable bonds is 7. The summed E-state index contributed by atoms with van der Waals surface area (Å²) in [7, 11) is 3.16. The van der Waals surface area contributed by atoms with Crippen molar-refractivity contribution in [2.75, 3.05) is 14.2 Å². The predicted octanol–water partition coefficient (Wildman–Crippen LogP) is 7.76. The second-order valence-corrected chi connectivity index (χ2v) is 12.1. The fourth-order valence-corrected chi connectivity index (χ4v) is 4.72. The molecule has 0 saturated carbocycles. The minimum absolute atomic E-state index is 0.123. The number of Topliss-reactive ketones (excluding diaryl/α,β-unsaturated/α-hetero) is 1. The number of hydrogen-bond acceptors (Lipinski definition) is 5. The third-order valence-corrected chi connectivity index (χ3v) is 7.09. The SMILES string of the molecule is COc1cc2c(-c3ccc(C(C)(C)C)o3)c(CCC(=O)C(C)(C)C)n(C(=O)c3ccc(C)cc3)c2cc1OC. The van der Waals surface area contributed by atoms with E-state index in [0.29, 0.717) is 34.8 Å². The van der Waals surface area contributed by atoms with Gasteiger partial charge in [-0.25, -0.2) is 0 Å². The number of ketones is 1. The van der Waals surface area contributed by atoms with Crippen LogP contribution in [-0.4, -0.2) is 30.5 Å². The molecule has 0 atom stereocenters. The topological polar surface area (TPSA) is 70.7 Å². The minimum Gasteiger partial charge on any atom is -0.493 e. The molecule has 4 rings (SSSR count). The highest BCUT2D eigenvalue weighted by Crippen LogP contribution is 2.43. The molecule has 4 aromatic rings. The summed E-state index contributed by atoms with van der Waals surface area (Å²) in [5.41, 5.74) is 3.10. The van der Waals surface area contributed by atoms with Crippen LogP contribution in [0.15, 0.2) is 52.9 Å². The number of methoxy groups -OCH3 is 2. The van der Waals surface area contributed by atoms with E-state index in [4.69, 9.17) is 13.9 Å². The first-order valence-corrected chi connectivity index (χ1v) is 13.3. The smallest absolute Gasteiger partial charge is 0.262 e. The number of fused-ring (bicyclic) bond motifs is 1. The number of nitrogens with zero attached hydrogens (tertiary/aromatic N) is 1. The van der Waals surface area contributed by atoms with Crippen LogP contribution >= 0.6 is 0 Å². The van der Waals surface area contributed by atoms with Gasteiger partial charge in [0, 0.05) is 45.5 Å². The lowest BCUT2D eigenvalue weighted by Gasteiger charge is -2.17. The van der Waals surface area contributed by atoms with Crippen LogP contribution in [0, 0.1) is 12.3 Å². The Labute approximate surface area is 230 Å². The molecule has 2 aromatic heterocycles. The first-order valence-electron chi connectivity index (χ1n) is 13.3. The van der Waals surface area contributed by atoms with E-state index < -0.39 is 5.41 Å². The second-order valence-electron chi connectivity index (χ2n) is 12.1. The minimum atomic E-state index is -0.492. The zero-order valence-electron chi connectivity index (χ0n) is 24.5. The predicted molar refractivity (Wildman–Crippen MR) is 155 cm³/mol. The molecule has 0 fully saturated rings. The Hall–Kier alpha value is -3.80. The van der Waals surface area contributed by atoms with Gasteiger partial charge in [0.2, 0.25) is 0 Å². The highest BCUT2D eigenvalue weighted by molar-refractivity contribution is 6.09. The summed E-state index contributed by atoms with van der Waals surface area (Å²) in [6.07, 6.45) is 0.656. The molecule has 2 aromatic carbocycles. The monoisotopic (exact) mass is 529 g/mol. The number of aryl methyl sites for hydroxylation is 1. The van der Waals surface area contributed by atoms with Gasteiger partial charge in [0.15, 0.2) is 11.5 Å². The standard InChI is InChI=1S/C33H39NO5/c1-20-10-12-21(13-11-20)31(36)34-23(14-16-28(35)32(2,3)4)30(25-15-17-29(39-25)33(5,6)7)22-18-26(37-8)27(38-9)19-24(22)34/h10-13,15,17-19H,14,16H2,1-9H3. The number of carbonyl (C=O) groups excluding carboxylic acids is 2. The van der Waals surface area contributed by atoms with Gasteiger partial charge in [-0.15, -0.1) is 0 Å². The molecule has 6 nitrogen and oxygen atoms in total. The summed E-state index contributed by atoms with van der Waals surface area (Å²) in [6.45, 7) is 14.0. The quantitative estimate of drug-likeness (QED) is 0.245. The van der Waals surface area contributed by atoms with Crippen LogP contribution in [0.25, 0.3) is 22.2 Å². The molecule has 206 valence electrons. The van der Waals surface area contributed by atoms with E-state index in [1.54, 1.807) is 18.8 Å². The molecule has 0 N–H and O–H groups in total. The summed E-state index contributed by atoms with van der Waals surface area (Å²) in [6, 6.07) is 15.1. The fraction of sp³-hybridized carbons (Fsp3) is 0.394. The molecule has 0 amide bonds. The maximum absolute atomic E-state index is 14.2. The van der Waals surface area contributed by atoms with Crippen LogP contribution in [-0.2, 0) is 16.6 Å². The van der Waals surface area contributed by atoms with E-state index in [9.17, 15) is 9.59 Å². The number of hydrogen-bond donors (Lipinski definition) is 0. The summed E-state index contributed by atoms with van der Waals surface area (Å²) in [4.78, 5) is 27.2. The molecular weight excluding hydrogens is 490 g/mol. The van der Waals surface area contributed by atoms with Gasteiger partial charge in [-0.3, -0.25) is 14.2 Å². The highest BCUT2D eigenvalue weighted by atomic mass is 16.5. The van der Waals surface area contributed by atoms with Crippen molar-refractivity contribution in [3.63, 3.8) is 0 Å². The van der Waals surface area contributed by atoms with Gasteiger partial charge < -0.3 is 13.9 Å². The largest absolute Gasteiger partial charge is 0.493 e. The van der Waals surface area contributed by atoms with E-state index in [0.717, 1.165) is 28.0 Å². The van der Waals surface area contributed by atoms with Crippen molar-refractivity contribution in [3.8, 4) is 22.8 Å². The Balaban J connectivity index is 2.06. The number of furan rings is 1. The zero-order chi connectivity index (χ0) is 28.7. The van der Waals surface area contributed by atoms with Crippen LogP contribution in [0.4, 0.5) is 0 Å². The molecule has 0 bridgehead atoms. The van der Waals surface area contributed by atoms with Crippen molar-refractivity contribution in [1.82, 2.24) is 4.57 Å².